The maximum absolute atomic E-state index is 13.7. The fraction of sp³-hybridized carbons (Fsp3) is 0.933. The maximum Gasteiger partial charge on any atom is 0.144 e. The minimum Gasteiger partial charge on any atom is -0.380 e. The highest BCUT2D eigenvalue weighted by Crippen LogP contribution is 2.79. The molecule has 6 aliphatic rings. The van der Waals surface area contributed by atoms with Crippen molar-refractivity contribution in [1.29, 1.82) is 0 Å². The number of hydrogen-bond donors (Lipinski definition) is 0. The summed E-state index contributed by atoms with van der Waals surface area (Å²) in [7, 11) is 0. The molecule has 5 saturated carbocycles. The van der Waals surface area contributed by atoms with Gasteiger partial charge in [-0.3, -0.25) is 9.59 Å². The molecular weight excluding hydrogens is 408 g/mol. The zero-order chi connectivity index (χ0) is 23.7. The van der Waals surface area contributed by atoms with Crippen LogP contribution in [0.2, 0.25) is 0 Å². The van der Waals surface area contributed by atoms with Crippen molar-refractivity contribution in [1.82, 2.24) is 0 Å². The van der Waals surface area contributed by atoms with Crippen LogP contribution in [-0.2, 0) is 14.3 Å². The van der Waals surface area contributed by atoms with Crippen molar-refractivity contribution < 1.29 is 14.3 Å². The van der Waals surface area contributed by atoms with Gasteiger partial charge < -0.3 is 4.74 Å². The second-order valence-electron chi connectivity index (χ2n) is 15.2. The molecule has 184 valence electrons. The third-order valence-corrected chi connectivity index (χ3v) is 13.6. The fourth-order valence-corrected chi connectivity index (χ4v) is 11.5. The smallest absolute Gasteiger partial charge is 0.144 e. The molecule has 33 heavy (non-hydrogen) atoms. The van der Waals surface area contributed by atoms with E-state index in [9.17, 15) is 9.59 Å². The van der Waals surface area contributed by atoms with Crippen LogP contribution in [0.25, 0.3) is 0 Å². The topological polar surface area (TPSA) is 43.4 Å². The number of carbonyl (C=O) groups excluding carboxylic acids is 2. The molecule has 2 bridgehead atoms. The molecule has 0 N–H and O–H groups in total. The standard InChI is InChI=1S/C30H46O3/c1-19-20(31)15-21(32)24-27(19,5)8-7-22-29(24)13-12-28(6)23-16-25(2,3)9-10-26(23,4)11-14-30(22,28)18-33-17-29/h19,22-24H,7-18H2,1-6H3/t19-,22-,23+,24+,26+,27+,28-,29-,30+/m0/s1. The first-order chi connectivity index (χ1) is 15.3. The first kappa shape index (κ1) is 22.7. The Morgan fingerprint density at radius 1 is 0.788 bits per heavy atom. The van der Waals surface area contributed by atoms with E-state index in [2.05, 4.69) is 41.5 Å². The van der Waals surface area contributed by atoms with Crippen molar-refractivity contribution in [3.05, 3.63) is 0 Å². The van der Waals surface area contributed by atoms with Crippen molar-refractivity contribution in [2.45, 2.75) is 106 Å². The van der Waals surface area contributed by atoms with Gasteiger partial charge in [-0.05, 0) is 91.3 Å². The summed E-state index contributed by atoms with van der Waals surface area (Å²) in [5, 5.41) is 0. The Hall–Kier alpha value is -0.700. The molecule has 1 aliphatic heterocycles. The van der Waals surface area contributed by atoms with Crippen LogP contribution in [0.4, 0.5) is 0 Å². The monoisotopic (exact) mass is 454 g/mol. The highest BCUT2D eigenvalue weighted by molar-refractivity contribution is 6.04. The predicted octanol–water partition coefficient (Wildman–Crippen LogP) is 6.63. The van der Waals surface area contributed by atoms with Crippen LogP contribution in [0.5, 0.6) is 0 Å². The highest BCUT2D eigenvalue weighted by atomic mass is 16.5. The Morgan fingerprint density at radius 3 is 2.27 bits per heavy atom. The summed E-state index contributed by atoms with van der Waals surface area (Å²) in [5.74, 6) is 1.75. The van der Waals surface area contributed by atoms with Gasteiger partial charge in [0.05, 0.1) is 19.6 Å². The fourth-order valence-electron chi connectivity index (χ4n) is 11.5. The molecule has 0 amide bonds. The number of ketones is 2. The number of hydrogen-bond acceptors (Lipinski definition) is 3. The Bertz CT molecular complexity index is 906. The summed E-state index contributed by atoms with van der Waals surface area (Å²) < 4.78 is 6.65. The number of Topliss-reactive ketones (excluding diaryl/α,β-unsaturated/α-hetero) is 2. The van der Waals surface area contributed by atoms with Crippen LogP contribution in [-0.4, -0.2) is 24.8 Å². The third kappa shape index (κ3) is 2.57. The molecule has 0 unspecified atom stereocenters. The second kappa shape index (κ2) is 6.54. The van der Waals surface area contributed by atoms with E-state index in [4.69, 9.17) is 4.74 Å². The summed E-state index contributed by atoms with van der Waals surface area (Å²) in [6.07, 6.45) is 11.4. The van der Waals surface area contributed by atoms with E-state index >= 15 is 0 Å². The molecule has 0 aromatic heterocycles. The number of ether oxygens (including phenoxy) is 1. The molecule has 1 heterocycles. The van der Waals surface area contributed by atoms with E-state index in [1.165, 1.54) is 44.9 Å². The summed E-state index contributed by atoms with van der Waals surface area (Å²) in [5.41, 5.74) is 1.14. The Morgan fingerprint density at radius 2 is 1.52 bits per heavy atom. The summed E-state index contributed by atoms with van der Waals surface area (Å²) in [6, 6.07) is 0. The summed E-state index contributed by atoms with van der Waals surface area (Å²) >= 11 is 0. The molecule has 0 aromatic rings. The van der Waals surface area contributed by atoms with Crippen LogP contribution in [0.1, 0.15) is 106 Å². The van der Waals surface area contributed by atoms with E-state index < -0.39 is 0 Å². The molecule has 1 saturated heterocycles. The minimum absolute atomic E-state index is 0.00416. The minimum atomic E-state index is -0.186. The summed E-state index contributed by atoms with van der Waals surface area (Å²) in [4.78, 5) is 26.4. The highest BCUT2D eigenvalue weighted by Gasteiger charge is 2.76. The first-order valence-corrected chi connectivity index (χ1v) is 14.0. The number of rotatable bonds is 0. The van der Waals surface area contributed by atoms with Crippen LogP contribution < -0.4 is 0 Å². The van der Waals surface area contributed by atoms with Crippen molar-refractivity contribution in [2.75, 3.05) is 13.2 Å². The van der Waals surface area contributed by atoms with E-state index in [1.807, 2.05) is 0 Å². The van der Waals surface area contributed by atoms with Crippen LogP contribution in [0, 0.1) is 56.2 Å². The zero-order valence-corrected chi connectivity index (χ0v) is 22.0. The molecule has 3 heteroatoms. The van der Waals surface area contributed by atoms with Gasteiger partial charge in [-0.25, -0.2) is 0 Å². The lowest BCUT2D eigenvalue weighted by Gasteiger charge is -2.76. The van der Waals surface area contributed by atoms with Gasteiger partial charge in [-0.15, -0.1) is 0 Å². The van der Waals surface area contributed by atoms with E-state index in [0.29, 0.717) is 22.2 Å². The number of carbonyl (C=O) groups is 2. The molecule has 6 fully saturated rings. The molecule has 0 radical (unpaired) electrons. The molecule has 9 atom stereocenters. The van der Waals surface area contributed by atoms with Crippen molar-refractivity contribution in [3.8, 4) is 0 Å². The average molecular weight is 455 g/mol. The van der Waals surface area contributed by atoms with Gasteiger partial charge in [0.2, 0.25) is 0 Å². The molecular formula is C30H46O3. The van der Waals surface area contributed by atoms with Crippen molar-refractivity contribution >= 4 is 11.6 Å². The Labute approximate surface area is 201 Å². The average Bonchev–Trinajstić information content (AvgIpc) is 2.74. The van der Waals surface area contributed by atoms with Crippen molar-refractivity contribution in [2.24, 2.45) is 56.2 Å². The van der Waals surface area contributed by atoms with Gasteiger partial charge in [-0.2, -0.15) is 0 Å². The Balaban J connectivity index is 1.46. The van der Waals surface area contributed by atoms with Crippen LogP contribution >= 0.6 is 0 Å². The van der Waals surface area contributed by atoms with Gasteiger partial charge in [0.1, 0.15) is 11.6 Å². The zero-order valence-electron chi connectivity index (χ0n) is 22.0. The number of fused-ring (bicyclic) bond motifs is 3. The van der Waals surface area contributed by atoms with Gasteiger partial charge in [0.25, 0.3) is 0 Å². The van der Waals surface area contributed by atoms with Crippen LogP contribution in [0.3, 0.4) is 0 Å². The lowest BCUT2D eigenvalue weighted by atomic mass is 9.29. The largest absolute Gasteiger partial charge is 0.380 e. The molecule has 0 aromatic carbocycles. The second-order valence-corrected chi connectivity index (χ2v) is 15.2. The molecule has 3 nitrogen and oxygen atoms in total. The molecule has 1 spiro atoms. The first-order valence-electron chi connectivity index (χ1n) is 14.0. The van der Waals surface area contributed by atoms with Gasteiger partial charge in [0, 0.05) is 22.7 Å². The predicted molar refractivity (Wildman–Crippen MR) is 130 cm³/mol. The van der Waals surface area contributed by atoms with E-state index in [1.54, 1.807) is 0 Å². The lowest BCUT2D eigenvalue weighted by Crippen LogP contribution is -2.74. The maximum atomic E-state index is 13.7. The van der Waals surface area contributed by atoms with Gasteiger partial charge in [-0.1, -0.05) is 41.5 Å². The summed E-state index contributed by atoms with van der Waals surface area (Å²) in [6.45, 7) is 16.3. The SMILES string of the molecule is C[C@H]1C(=O)CC(=O)[C@@H]2[C@]1(C)CC[C@H]1[C@@]23CC[C@@]2(C)[C@@H]4CC(C)(C)CC[C@]4(C)CC[C@@]12COC3. The van der Waals surface area contributed by atoms with Crippen LogP contribution in [0.15, 0.2) is 0 Å². The van der Waals surface area contributed by atoms with Crippen molar-refractivity contribution in [3.63, 3.8) is 0 Å². The van der Waals surface area contributed by atoms with Gasteiger partial charge in [0.15, 0.2) is 0 Å². The van der Waals surface area contributed by atoms with E-state index in [0.717, 1.165) is 32.0 Å². The van der Waals surface area contributed by atoms with Gasteiger partial charge >= 0.3 is 0 Å². The quantitative estimate of drug-likeness (QED) is 0.386. The Kier molecular flexibility index (Phi) is 4.51. The normalized spacial score (nSPS) is 57.4. The molecule has 6 rings (SSSR count). The molecule has 5 aliphatic carbocycles. The van der Waals surface area contributed by atoms with E-state index in [-0.39, 0.29) is 46.1 Å². The third-order valence-electron chi connectivity index (χ3n) is 13.6. The lowest BCUT2D eigenvalue weighted by molar-refractivity contribution is -0.315.